The number of hydrogen-bond acceptors (Lipinski definition) is 3. The van der Waals surface area contributed by atoms with Crippen LogP contribution >= 0.6 is 0 Å². The second-order valence-corrected chi connectivity index (χ2v) is 9.92. The van der Waals surface area contributed by atoms with Gasteiger partial charge in [0.1, 0.15) is 5.75 Å². The maximum atomic E-state index is 6.46. The molecule has 0 aliphatic heterocycles. The summed E-state index contributed by atoms with van der Waals surface area (Å²) in [5, 5.41) is 0. The molecule has 0 aliphatic carbocycles. The summed E-state index contributed by atoms with van der Waals surface area (Å²) < 4.78 is 6.46. The first-order chi connectivity index (χ1) is 16.9. The van der Waals surface area contributed by atoms with Crippen molar-refractivity contribution in [2.45, 2.75) is 99.4 Å². The summed E-state index contributed by atoms with van der Waals surface area (Å²) in [4.78, 5) is 7.76. The molecular formula is C32H44N2O. The van der Waals surface area contributed by atoms with Gasteiger partial charge in [-0.15, -0.1) is 0 Å². The quantitative estimate of drug-likeness (QED) is 0.266. The largest absolute Gasteiger partial charge is 0.491 e. The highest BCUT2D eigenvalue weighted by Gasteiger charge is 2.21. The molecule has 0 saturated carbocycles. The van der Waals surface area contributed by atoms with E-state index in [9.17, 15) is 0 Å². The Kier molecular flexibility index (Phi) is 9.92. The SMILES string of the molecule is CCCC(C)N(Cc1ccccc1)Cc1c(OC(C)C)cc(-c2c(CC)cccc2CC)nc1C. The van der Waals surface area contributed by atoms with E-state index in [2.05, 4.69) is 108 Å². The minimum absolute atomic E-state index is 0.103. The first-order valence-electron chi connectivity index (χ1n) is 13.4. The highest BCUT2D eigenvalue weighted by Crippen LogP contribution is 2.34. The van der Waals surface area contributed by atoms with Crippen molar-refractivity contribution in [3.63, 3.8) is 0 Å². The zero-order valence-corrected chi connectivity index (χ0v) is 22.9. The summed E-state index contributed by atoms with van der Waals surface area (Å²) in [7, 11) is 0. The van der Waals surface area contributed by atoms with Gasteiger partial charge in [0.05, 0.1) is 11.8 Å². The van der Waals surface area contributed by atoms with Gasteiger partial charge in [0.25, 0.3) is 0 Å². The smallest absolute Gasteiger partial charge is 0.128 e. The maximum absolute atomic E-state index is 6.46. The van der Waals surface area contributed by atoms with E-state index in [1.807, 2.05) is 0 Å². The molecule has 0 saturated heterocycles. The lowest BCUT2D eigenvalue weighted by atomic mass is 9.94. The van der Waals surface area contributed by atoms with Crippen LogP contribution in [-0.2, 0) is 25.9 Å². The minimum atomic E-state index is 0.103. The second-order valence-electron chi connectivity index (χ2n) is 9.92. The predicted molar refractivity (Wildman–Crippen MR) is 149 cm³/mol. The molecule has 0 N–H and O–H groups in total. The lowest BCUT2D eigenvalue weighted by molar-refractivity contribution is 0.173. The summed E-state index contributed by atoms with van der Waals surface area (Å²) >= 11 is 0. The average molecular weight is 473 g/mol. The van der Waals surface area contributed by atoms with E-state index in [0.29, 0.717) is 6.04 Å². The van der Waals surface area contributed by atoms with Gasteiger partial charge in [-0.05, 0) is 63.6 Å². The molecule has 0 aliphatic rings. The van der Waals surface area contributed by atoms with E-state index in [0.717, 1.165) is 43.1 Å². The molecule has 2 aromatic carbocycles. The molecule has 3 rings (SSSR count). The highest BCUT2D eigenvalue weighted by atomic mass is 16.5. The van der Waals surface area contributed by atoms with Gasteiger partial charge >= 0.3 is 0 Å². The molecule has 3 aromatic rings. The normalized spacial score (nSPS) is 12.4. The molecular weight excluding hydrogens is 428 g/mol. The Labute approximate surface area is 213 Å². The molecule has 3 heteroatoms. The lowest BCUT2D eigenvalue weighted by Crippen LogP contribution is -2.32. The Hall–Kier alpha value is -2.65. The number of hydrogen-bond donors (Lipinski definition) is 0. The van der Waals surface area contributed by atoms with Crippen LogP contribution in [0.1, 0.15) is 82.3 Å². The molecule has 188 valence electrons. The molecule has 1 aromatic heterocycles. The minimum Gasteiger partial charge on any atom is -0.491 e. The Morgan fingerprint density at radius 3 is 2.09 bits per heavy atom. The van der Waals surface area contributed by atoms with E-state index in [4.69, 9.17) is 9.72 Å². The van der Waals surface area contributed by atoms with Gasteiger partial charge in [-0.1, -0.05) is 75.7 Å². The van der Waals surface area contributed by atoms with Crippen LogP contribution in [0.2, 0.25) is 0 Å². The summed E-state index contributed by atoms with van der Waals surface area (Å²) in [5.74, 6) is 0.970. The molecule has 3 nitrogen and oxygen atoms in total. The van der Waals surface area contributed by atoms with Gasteiger partial charge in [-0.3, -0.25) is 9.88 Å². The van der Waals surface area contributed by atoms with Crippen molar-refractivity contribution in [3.8, 4) is 17.0 Å². The third kappa shape index (κ3) is 6.95. The van der Waals surface area contributed by atoms with Crippen molar-refractivity contribution >= 4 is 0 Å². The van der Waals surface area contributed by atoms with Crippen LogP contribution in [-0.4, -0.2) is 22.0 Å². The van der Waals surface area contributed by atoms with Gasteiger partial charge < -0.3 is 4.74 Å². The molecule has 0 fully saturated rings. The fourth-order valence-electron chi connectivity index (χ4n) is 4.91. The first kappa shape index (κ1) is 26.9. The monoisotopic (exact) mass is 472 g/mol. The number of nitrogens with zero attached hydrogens (tertiary/aromatic N) is 2. The van der Waals surface area contributed by atoms with Crippen molar-refractivity contribution in [1.29, 1.82) is 0 Å². The molecule has 1 atom stereocenters. The van der Waals surface area contributed by atoms with Crippen LogP contribution < -0.4 is 4.74 Å². The van der Waals surface area contributed by atoms with Crippen molar-refractivity contribution in [2.24, 2.45) is 0 Å². The number of aryl methyl sites for hydroxylation is 3. The Morgan fingerprint density at radius 1 is 0.857 bits per heavy atom. The molecule has 0 spiro atoms. The average Bonchev–Trinajstić information content (AvgIpc) is 2.85. The van der Waals surface area contributed by atoms with E-state index >= 15 is 0 Å². The van der Waals surface area contributed by atoms with Crippen LogP contribution in [0.5, 0.6) is 5.75 Å². The zero-order chi connectivity index (χ0) is 25.4. The fraction of sp³-hybridized carbons (Fsp3) is 0.469. The third-order valence-corrected chi connectivity index (χ3v) is 6.83. The number of aromatic nitrogens is 1. The summed E-state index contributed by atoms with van der Waals surface area (Å²) in [6, 6.07) is 20.1. The van der Waals surface area contributed by atoms with Crippen molar-refractivity contribution in [3.05, 3.63) is 82.5 Å². The molecule has 0 radical (unpaired) electrons. The number of benzene rings is 2. The molecule has 1 heterocycles. The van der Waals surface area contributed by atoms with Crippen LogP contribution in [0.4, 0.5) is 0 Å². The first-order valence-corrected chi connectivity index (χ1v) is 13.4. The van der Waals surface area contributed by atoms with Crippen molar-refractivity contribution < 1.29 is 4.74 Å². The molecule has 0 amide bonds. The third-order valence-electron chi connectivity index (χ3n) is 6.83. The number of rotatable bonds is 12. The zero-order valence-electron chi connectivity index (χ0n) is 22.9. The van der Waals surface area contributed by atoms with Gasteiger partial charge in [0.15, 0.2) is 0 Å². The predicted octanol–water partition coefficient (Wildman–Crippen LogP) is 8.16. The molecule has 1 unspecified atom stereocenters. The number of pyridine rings is 1. The van der Waals surface area contributed by atoms with Crippen LogP contribution in [0.15, 0.2) is 54.6 Å². The lowest BCUT2D eigenvalue weighted by Gasteiger charge is -2.31. The Morgan fingerprint density at radius 2 is 1.51 bits per heavy atom. The van der Waals surface area contributed by atoms with Crippen molar-refractivity contribution in [1.82, 2.24) is 9.88 Å². The van der Waals surface area contributed by atoms with E-state index in [1.54, 1.807) is 0 Å². The van der Waals surface area contributed by atoms with E-state index in [-0.39, 0.29) is 6.10 Å². The Bertz CT molecular complexity index is 1050. The Balaban J connectivity index is 2.07. The summed E-state index contributed by atoms with van der Waals surface area (Å²) in [6.07, 6.45) is 4.43. The second kappa shape index (κ2) is 12.9. The van der Waals surface area contributed by atoms with Gasteiger partial charge in [-0.25, -0.2) is 0 Å². The van der Waals surface area contributed by atoms with E-state index in [1.165, 1.54) is 40.7 Å². The van der Waals surface area contributed by atoms with Gasteiger partial charge in [0.2, 0.25) is 0 Å². The summed E-state index contributed by atoms with van der Waals surface area (Å²) in [6.45, 7) is 17.2. The topological polar surface area (TPSA) is 25.4 Å². The highest BCUT2D eigenvalue weighted by molar-refractivity contribution is 5.70. The van der Waals surface area contributed by atoms with Crippen LogP contribution in [0, 0.1) is 6.92 Å². The standard InChI is InChI=1S/C32H44N2O/c1-8-15-24(6)34(21-26-16-12-11-13-17-26)22-29-25(7)33-30(20-31(29)35-23(4)5)32-27(9-2)18-14-19-28(32)10-3/h11-14,16-20,23-24H,8-10,15,21-22H2,1-7H3. The van der Waals surface area contributed by atoms with Crippen LogP contribution in [0.25, 0.3) is 11.3 Å². The van der Waals surface area contributed by atoms with E-state index < -0.39 is 0 Å². The fourth-order valence-corrected chi connectivity index (χ4v) is 4.91. The molecule has 35 heavy (non-hydrogen) atoms. The van der Waals surface area contributed by atoms with Gasteiger partial charge in [-0.2, -0.15) is 0 Å². The molecule has 0 bridgehead atoms. The van der Waals surface area contributed by atoms with Crippen molar-refractivity contribution in [2.75, 3.05) is 0 Å². The van der Waals surface area contributed by atoms with Crippen LogP contribution in [0.3, 0.4) is 0 Å². The van der Waals surface area contributed by atoms with Gasteiger partial charge in [0, 0.05) is 42.0 Å². The maximum Gasteiger partial charge on any atom is 0.128 e. The summed E-state index contributed by atoms with van der Waals surface area (Å²) in [5.41, 5.74) is 8.62. The number of ether oxygens (including phenoxy) is 1.